The Hall–Kier alpha value is -5.64. The molecule has 3 saturated heterocycles. The minimum atomic E-state index is -0.903. The minimum absolute atomic E-state index is 0.0102. The molecule has 16 nitrogen and oxygen atoms in total. The second kappa shape index (κ2) is 21.7. The Morgan fingerprint density at radius 2 is 1.63 bits per heavy atom. The zero-order chi connectivity index (χ0) is 52.6. The molecule has 1 saturated carbocycles. The molecule has 18 heteroatoms. The number of rotatable bonds is 14. The number of β-amino-alcohol motifs (C(OH)–C–C–N with tert-alkyl or cyclic N) is 1. The summed E-state index contributed by atoms with van der Waals surface area (Å²) < 4.78 is 6.39. The Balaban J connectivity index is 0.774. The molecule has 2 aromatic carbocycles. The number of carbonyl (C=O) groups is 4. The Morgan fingerprint density at radius 3 is 2.22 bits per heavy atom. The third-order valence-corrected chi connectivity index (χ3v) is 16.9. The first-order chi connectivity index (χ1) is 34.5. The fourth-order valence-electron chi connectivity index (χ4n) is 11.7. The van der Waals surface area contributed by atoms with Crippen LogP contribution in [0.5, 0.6) is 5.75 Å². The molecule has 3 aliphatic heterocycles. The number of likely N-dealkylation sites (tertiary alicyclic amines) is 1. The average Bonchev–Trinajstić information content (AvgIpc) is 3.98. The van der Waals surface area contributed by atoms with Crippen LogP contribution >= 0.6 is 22.9 Å². The lowest BCUT2D eigenvalue weighted by atomic mass is 9.49. The number of aliphatic hydroxyl groups excluding tert-OH is 1. The number of nitrogens with one attached hydrogen (secondary N) is 3. The van der Waals surface area contributed by atoms with E-state index < -0.39 is 23.6 Å². The number of hydrogen-bond acceptors (Lipinski definition) is 13. The number of aromatic nitrogens is 2. The van der Waals surface area contributed by atoms with Gasteiger partial charge in [0.2, 0.25) is 17.7 Å². The number of piperidine rings is 1. The van der Waals surface area contributed by atoms with E-state index in [1.165, 1.54) is 4.90 Å². The summed E-state index contributed by atoms with van der Waals surface area (Å²) in [4.78, 5) is 73.9. The van der Waals surface area contributed by atoms with E-state index >= 15 is 0 Å². The number of carbonyl (C=O) groups excluding carboxylic acids is 4. The topological polar surface area (TPSA) is 196 Å². The number of amides is 4. The molecule has 4 amide bonds. The molecule has 4 aromatic rings. The summed E-state index contributed by atoms with van der Waals surface area (Å²) >= 11 is 7.85. The Labute approximate surface area is 438 Å². The highest BCUT2D eigenvalue weighted by atomic mass is 35.5. The number of nitrogens with zero attached hydrogens (tertiary/aromatic N) is 7. The van der Waals surface area contributed by atoms with Crippen molar-refractivity contribution in [2.45, 2.75) is 124 Å². The van der Waals surface area contributed by atoms with Crippen molar-refractivity contribution in [3.05, 3.63) is 93.7 Å². The number of piperazine rings is 1. The molecule has 0 radical (unpaired) electrons. The molecule has 5 heterocycles. The van der Waals surface area contributed by atoms with Crippen LogP contribution in [-0.2, 0) is 14.4 Å². The number of hydrogen-bond donors (Lipinski definition) is 4. The van der Waals surface area contributed by atoms with E-state index in [9.17, 15) is 29.5 Å². The van der Waals surface area contributed by atoms with E-state index in [1.807, 2.05) is 76.5 Å². The van der Waals surface area contributed by atoms with Crippen molar-refractivity contribution in [2.24, 2.45) is 16.2 Å². The highest BCUT2D eigenvalue weighted by molar-refractivity contribution is 7.13. The number of nitriles is 1. The van der Waals surface area contributed by atoms with Crippen molar-refractivity contribution < 1.29 is 29.0 Å². The van der Waals surface area contributed by atoms with Gasteiger partial charge in [-0.2, -0.15) is 5.26 Å². The molecular weight excluding hydrogens is 964 g/mol. The van der Waals surface area contributed by atoms with Gasteiger partial charge in [-0.05, 0) is 67.5 Å². The highest BCUT2D eigenvalue weighted by Gasteiger charge is 2.64. The molecule has 0 bridgehead atoms. The van der Waals surface area contributed by atoms with Crippen LogP contribution < -0.4 is 25.6 Å². The number of thiazole rings is 1. The lowest BCUT2D eigenvalue weighted by molar-refractivity contribution is -0.164. The first kappa shape index (κ1) is 53.6. The zero-order valence-corrected chi connectivity index (χ0v) is 45.1. The van der Waals surface area contributed by atoms with Gasteiger partial charge in [-0.15, -0.1) is 11.3 Å². The average molecular weight is 1040 g/mol. The number of pyridine rings is 1. The SMILES string of the molecule is Cc1ncsc1-c1ccc([C@H](C)NC(=O)[C@@H]2C[C@@H](O)CN2C(=O)[C@@H](NC(=O)CN2CCN(C3CCN(c4ccc(C(=O)NC5C(C)(C)C(Oc6ccc(C#N)c(Cl)c6)C5(C)C)cn4)CC3)CC2)C(C)(C)C)cc1. The third-order valence-electron chi connectivity index (χ3n) is 15.6. The highest BCUT2D eigenvalue weighted by Crippen LogP contribution is 2.55. The second-order valence-electron chi connectivity index (χ2n) is 22.6. The summed E-state index contributed by atoms with van der Waals surface area (Å²) in [6, 6.07) is 17.0. The normalized spacial score (nSPS) is 23.2. The van der Waals surface area contributed by atoms with Crippen LogP contribution in [-0.4, -0.2) is 142 Å². The summed E-state index contributed by atoms with van der Waals surface area (Å²) in [5, 5.41) is 29.7. The number of halogens is 1. The molecular formula is C55H71ClN10O6S. The van der Waals surface area contributed by atoms with Crippen LogP contribution in [0.15, 0.2) is 66.3 Å². The van der Waals surface area contributed by atoms with E-state index in [1.54, 1.807) is 35.7 Å². The van der Waals surface area contributed by atoms with Crippen LogP contribution in [0.3, 0.4) is 0 Å². The van der Waals surface area contributed by atoms with Crippen LogP contribution in [0.1, 0.15) is 108 Å². The van der Waals surface area contributed by atoms with Gasteiger partial charge >= 0.3 is 0 Å². The first-order valence-corrected chi connectivity index (χ1v) is 26.7. The van der Waals surface area contributed by atoms with Gasteiger partial charge in [-0.25, -0.2) is 9.97 Å². The van der Waals surface area contributed by atoms with Gasteiger partial charge in [0.05, 0.1) is 50.9 Å². The van der Waals surface area contributed by atoms with Crippen molar-refractivity contribution in [3.63, 3.8) is 0 Å². The molecule has 4 aliphatic rings. The molecule has 0 spiro atoms. The van der Waals surface area contributed by atoms with Gasteiger partial charge in [0, 0.05) is 87.4 Å². The van der Waals surface area contributed by atoms with E-state index in [-0.39, 0.29) is 72.2 Å². The Bertz CT molecular complexity index is 2670. The second-order valence-corrected chi connectivity index (χ2v) is 23.9. The minimum Gasteiger partial charge on any atom is -0.489 e. The van der Waals surface area contributed by atoms with Gasteiger partial charge in [-0.3, -0.25) is 29.0 Å². The fourth-order valence-corrected chi connectivity index (χ4v) is 12.7. The van der Waals surface area contributed by atoms with Crippen LogP contribution in [0.2, 0.25) is 5.02 Å². The maximum Gasteiger partial charge on any atom is 0.253 e. The fraction of sp³-hybridized carbons (Fsp3) is 0.545. The summed E-state index contributed by atoms with van der Waals surface area (Å²) in [5.41, 5.74) is 4.21. The van der Waals surface area contributed by atoms with Crippen molar-refractivity contribution in [1.82, 2.24) is 40.6 Å². The standard InChI is InChI=1S/C55H71ClN10O6S/c1-33(35-10-12-36(13-11-35)46-34(2)59-32-73-46)60-49(70)43-26-40(67)30-66(43)50(71)47(53(3,4)5)61-45(68)31-63-22-24-64(25-23-63)39-18-20-65(21-19-39)44-17-15-38(29-58-44)48(69)62-51-54(6,7)52(55(51,8)9)72-41-16-14-37(28-57)42(56)27-41/h10-17,27,29,32-33,39-40,43,47,51-52,67H,18-26,30-31H2,1-9H3,(H,60,70)(H,61,68)(H,62,69)/t33-,40+,43-,47+,51?,52?/m0/s1. The smallest absolute Gasteiger partial charge is 0.253 e. The molecule has 0 unspecified atom stereocenters. The summed E-state index contributed by atoms with van der Waals surface area (Å²) in [7, 11) is 0. The molecule has 1 aliphatic carbocycles. The Morgan fingerprint density at radius 1 is 0.945 bits per heavy atom. The summed E-state index contributed by atoms with van der Waals surface area (Å²) in [6.45, 7) is 22.8. The lowest BCUT2D eigenvalue weighted by Gasteiger charge is -2.63. The summed E-state index contributed by atoms with van der Waals surface area (Å²) in [5.74, 6) is 0.258. The quantitative estimate of drug-likeness (QED) is 0.106. The first-order valence-electron chi connectivity index (χ1n) is 25.5. The molecule has 73 heavy (non-hydrogen) atoms. The van der Waals surface area contributed by atoms with Gasteiger partial charge < -0.3 is 35.6 Å². The van der Waals surface area contributed by atoms with Gasteiger partial charge in [0.25, 0.3) is 5.91 Å². The molecule has 8 rings (SSSR count). The van der Waals surface area contributed by atoms with Gasteiger partial charge in [-0.1, -0.05) is 84.3 Å². The third kappa shape index (κ3) is 11.7. The van der Waals surface area contributed by atoms with Crippen LogP contribution in [0.4, 0.5) is 5.82 Å². The molecule has 2 aromatic heterocycles. The predicted octanol–water partition coefficient (Wildman–Crippen LogP) is 6.61. The van der Waals surface area contributed by atoms with Crippen molar-refractivity contribution in [3.8, 4) is 22.3 Å². The van der Waals surface area contributed by atoms with E-state index in [0.29, 0.717) is 41.0 Å². The number of aliphatic hydroxyl groups is 1. The molecule has 390 valence electrons. The zero-order valence-electron chi connectivity index (χ0n) is 43.6. The van der Waals surface area contributed by atoms with Crippen molar-refractivity contribution in [1.29, 1.82) is 5.26 Å². The van der Waals surface area contributed by atoms with E-state index in [0.717, 1.165) is 66.5 Å². The van der Waals surface area contributed by atoms with Crippen molar-refractivity contribution >= 4 is 52.4 Å². The lowest BCUT2D eigenvalue weighted by Crippen LogP contribution is -2.74. The van der Waals surface area contributed by atoms with E-state index in [2.05, 4.69) is 69.4 Å². The maximum atomic E-state index is 14.3. The molecule has 4 fully saturated rings. The largest absolute Gasteiger partial charge is 0.489 e. The number of benzene rings is 2. The Kier molecular flexibility index (Phi) is 15.9. The maximum absolute atomic E-state index is 14.3. The van der Waals surface area contributed by atoms with Crippen LogP contribution in [0.25, 0.3) is 10.4 Å². The number of aryl methyl sites for hydroxylation is 1. The number of ether oxygens (including phenoxy) is 1. The number of anilines is 1. The van der Waals surface area contributed by atoms with Gasteiger partial charge in [0.15, 0.2) is 0 Å². The van der Waals surface area contributed by atoms with E-state index in [4.69, 9.17) is 21.3 Å². The monoisotopic (exact) mass is 1030 g/mol. The molecule has 4 N–H and O–H groups in total. The molecule has 4 atom stereocenters. The summed E-state index contributed by atoms with van der Waals surface area (Å²) in [6.07, 6.45) is 2.63. The van der Waals surface area contributed by atoms with Crippen molar-refractivity contribution in [2.75, 3.05) is 57.3 Å². The van der Waals surface area contributed by atoms with Gasteiger partial charge in [0.1, 0.15) is 35.8 Å². The van der Waals surface area contributed by atoms with Crippen LogP contribution in [0, 0.1) is 34.5 Å². The predicted molar refractivity (Wildman–Crippen MR) is 283 cm³/mol.